The number of fused-ring (bicyclic) bond motifs is 2. The van der Waals surface area contributed by atoms with E-state index in [1.54, 1.807) is 6.07 Å². The zero-order valence-corrected chi connectivity index (χ0v) is 25.3. The number of alkyl carbamates (subject to hydrolysis) is 1. The van der Waals surface area contributed by atoms with Gasteiger partial charge in [0.25, 0.3) is 0 Å². The van der Waals surface area contributed by atoms with E-state index in [0.717, 1.165) is 12.0 Å². The summed E-state index contributed by atoms with van der Waals surface area (Å²) in [6.45, 7) is 4.80. The van der Waals surface area contributed by atoms with Gasteiger partial charge in [-0.1, -0.05) is 44.2 Å². The average Bonchev–Trinajstić information content (AvgIpc) is 3.71. The second kappa shape index (κ2) is 13.4. The summed E-state index contributed by atoms with van der Waals surface area (Å²) in [6.07, 6.45) is -1.31. The van der Waals surface area contributed by atoms with Crippen molar-refractivity contribution in [3.63, 3.8) is 0 Å². The van der Waals surface area contributed by atoms with Gasteiger partial charge in [-0.25, -0.2) is 13.2 Å². The molecule has 0 saturated carbocycles. The predicted molar refractivity (Wildman–Crippen MR) is 156 cm³/mol. The molecule has 3 aliphatic rings. The van der Waals surface area contributed by atoms with Crippen molar-refractivity contribution in [3.8, 4) is 11.5 Å². The molecule has 2 fully saturated rings. The molecule has 0 unspecified atom stereocenters. The Kier molecular flexibility index (Phi) is 9.79. The molecule has 5 rings (SSSR count). The lowest BCUT2D eigenvalue weighted by Crippen LogP contribution is -2.52. The molecule has 5 atom stereocenters. The molecule has 3 aliphatic heterocycles. The third kappa shape index (κ3) is 7.59. The fourth-order valence-corrected chi connectivity index (χ4v) is 7.40. The molecule has 2 aromatic rings. The summed E-state index contributed by atoms with van der Waals surface area (Å²) >= 11 is 0. The van der Waals surface area contributed by atoms with Crippen LogP contribution in [0.5, 0.6) is 11.5 Å². The van der Waals surface area contributed by atoms with E-state index in [0.29, 0.717) is 31.1 Å². The number of nitrogens with two attached hydrogens (primary N) is 1. The lowest BCUT2D eigenvalue weighted by Gasteiger charge is -2.35. The Labute approximate surface area is 252 Å². The zero-order chi connectivity index (χ0) is 30.6. The number of nitrogens with zero attached hydrogens (tertiary/aromatic N) is 1. The van der Waals surface area contributed by atoms with Crippen LogP contribution in [0.3, 0.4) is 0 Å². The normalized spacial score (nSPS) is 22.8. The predicted octanol–water partition coefficient (Wildman–Crippen LogP) is 2.24. The summed E-state index contributed by atoms with van der Waals surface area (Å²) in [5.74, 6) is 0.748. The summed E-state index contributed by atoms with van der Waals surface area (Å²) in [4.78, 5) is 13.1. The van der Waals surface area contributed by atoms with E-state index in [9.17, 15) is 18.3 Å². The van der Waals surface area contributed by atoms with Gasteiger partial charge in [-0.2, -0.15) is 4.31 Å². The Balaban J connectivity index is 1.37. The van der Waals surface area contributed by atoms with Gasteiger partial charge in [0.1, 0.15) is 6.10 Å². The Morgan fingerprint density at radius 1 is 1.16 bits per heavy atom. The third-order valence-corrected chi connectivity index (χ3v) is 9.92. The number of ether oxygens (including phenoxy) is 5. The standard InChI is InChI=1S/C30H41N3O9S/c1-30(2,11-12-31)18-33(43(36,37)21-8-9-25-26(15-21)41-19-40-25)16-24(34)23(14-20-6-4-3-5-7-20)32-29(35)42-27-17-39-28-22(27)10-13-38-28/h3-9,15,22-24,27-28,34H,10-14,16-19,31H2,1-2H3,(H,32,35)/t22-,23-,24-,27-,28+/m0/s1. The molecule has 43 heavy (non-hydrogen) atoms. The lowest BCUT2D eigenvalue weighted by molar-refractivity contribution is -0.0907. The smallest absolute Gasteiger partial charge is 0.407 e. The minimum absolute atomic E-state index is 0.00838. The molecule has 0 aromatic heterocycles. The Bertz CT molecular complexity index is 1360. The minimum atomic E-state index is -4.11. The van der Waals surface area contributed by atoms with Crippen LogP contribution in [-0.2, 0) is 30.7 Å². The molecule has 2 saturated heterocycles. The van der Waals surface area contributed by atoms with Crippen molar-refractivity contribution in [2.75, 3.05) is 39.6 Å². The number of carbonyl (C=O) groups is 1. The van der Waals surface area contributed by atoms with Gasteiger partial charge in [-0.05, 0) is 48.9 Å². The zero-order valence-electron chi connectivity index (χ0n) is 24.5. The van der Waals surface area contributed by atoms with Gasteiger partial charge in [0.15, 0.2) is 17.8 Å². The number of hydrogen-bond acceptors (Lipinski definition) is 10. The van der Waals surface area contributed by atoms with Gasteiger partial charge in [0.2, 0.25) is 16.8 Å². The molecule has 0 spiro atoms. The molecule has 2 aromatic carbocycles. The van der Waals surface area contributed by atoms with E-state index in [2.05, 4.69) is 5.32 Å². The Morgan fingerprint density at radius 3 is 2.70 bits per heavy atom. The average molecular weight is 620 g/mol. The van der Waals surface area contributed by atoms with Crippen LogP contribution in [0.4, 0.5) is 4.79 Å². The number of nitrogens with one attached hydrogen (secondary N) is 1. The van der Waals surface area contributed by atoms with Crippen molar-refractivity contribution < 1.29 is 42.0 Å². The van der Waals surface area contributed by atoms with Crippen molar-refractivity contribution in [1.82, 2.24) is 9.62 Å². The largest absolute Gasteiger partial charge is 0.454 e. The number of rotatable bonds is 13. The highest BCUT2D eigenvalue weighted by atomic mass is 32.2. The molecule has 0 radical (unpaired) electrons. The van der Waals surface area contributed by atoms with Gasteiger partial charge in [0, 0.05) is 19.2 Å². The van der Waals surface area contributed by atoms with Gasteiger partial charge in [-0.3, -0.25) is 0 Å². The first-order valence-corrected chi connectivity index (χ1v) is 16.0. The first-order chi connectivity index (χ1) is 20.6. The van der Waals surface area contributed by atoms with Crippen LogP contribution in [0.15, 0.2) is 53.4 Å². The van der Waals surface area contributed by atoms with Gasteiger partial charge in [0.05, 0.1) is 36.2 Å². The second-order valence-electron chi connectivity index (χ2n) is 12.0. The molecule has 13 heteroatoms. The quantitative estimate of drug-likeness (QED) is 0.304. The molecule has 236 valence electrons. The molecule has 0 aliphatic carbocycles. The number of hydrogen-bond donors (Lipinski definition) is 3. The summed E-state index contributed by atoms with van der Waals surface area (Å²) in [5.41, 5.74) is 6.19. The Hall–Kier alpha value is -2.94. The molecule has 3 heterocycles. The number of aliphatic hydroxyl groups is 1. The number of amides is 1. The van der Waals surface area contributed by atoms with Crippen LogP contribution in [0.25, 0.3) is 0 Å². The number of sulfonamides is 1. The van der Waals surface area contributed by atoms with Crippen LogP contribution in [0, 0.1) is 11.3 Å². The van der Waals surface area contributed by atoms with Crippen LogP contribution in [0.2, 0.25) is 0 Å². The lowest BCUT2D eigenvalue weighted by atomic mass is 9.89. The maximum absolute atomic E-state index is 14.0. The highest BCUT2D eigenvalue weighted by Gasteiger charge is 2.44. The van der Waals surface area contributed by atoms with E-state index in [1.807, 2.05) is 44.2 Å². The van der Waals surface area contributed by atoms with Crippen molar-refractivity contribution in [2.24, 2.45) is 17.1 Å². The highest BCUT2D eigenvalue weighted by molar-refractivity contribution is 7.89. The maximum Gasteiger partial charge on any atom is 0.407 e. The van der Waals surface area contributed by atoms with Crippen molar-refractivity contribution in [1.29, 1.82) is 0 Å². The third-order valence-electron chi connectivity index (χ3n) is 8.11. The summed E-state index contributed by atoms with van der Waals surface area (Å²) in [6, 6.07) is 12.9. The monoisotopic (exact) mass is 619 g/mol. The summed E-state index contributed by atoms with van der Waals surface area (Å²) < 4.78 is 56.9. The van der Waals surface area contributed by atoms with Crippen LogP contribution in [0.1, 0.15) is 32.3 Å². The van der Waals surface area contributed by atoms with E-state index >= 15 is 0 Å². The molecule has 4 N–H and O–H groups in total. The molecular formula is C30H41N3O9S. The second-order valence-corrected chi connectivity index (χ2v) is 13.9. The van der Waals surface area contributed by atoms with E-state index in [1.165, 1.54) is 16.4 Å². The van der Waals surface area contributed by atoms with E-state index in [-0.39, 0.29) is 50.0 Å². The first-order valence-electron chi connectivity index (χ1n) is 14.6. The van der Waals surface area contributed by atoms with Crippen molar-refractivity contribution in [2.45, 2.75) is 62.5 Å². The van der Waals surface area contributed by atoms with Crippen molar-refractivity contribution >= 4 is 16.1 Å². The molecular weight excluding hydrogens is 578 g/mol. The summed E-state index contributed by atoms with van der Waals surface area (Å²) in [7, 11) is -4.11. The van der Waals surface area contributed by atoms with Crippen molar-refractivity contribution in [3.05, 3.63) is 54.1 Å². The van der Waals surface area contributed by atoms with Crippen LogP contribution < -0.4 is 20.5 Å². The molecule has 0 bridgehead atoms. The number of aliphatic hydroxyl groups excluding tert-OH is 1. The topological polar surface area (TPSA) is 159 Å². The fourth-order valence-electron chi connectivity index (χ4n) is 5.74. The minimum Gasteiger partial charge on any atom is -0.454 e. The first kappa shape index (κ1) is 31.5. The summed E-state index contributed by atoms with van der Waals surface area (Å²) in [5, 5.41) is 14.4. The van der Waals surface area contributed by atoms with E-state index < -0.39 is 39.8 Å². The molecule has 12 nitrogen and oxygen atoms in total. The van der Waals surface area contributed by atoms with Gasteiger partial charge in [-0.15, -0.1) is 0 Å². The number of benzene rings is 2. The van der Waals surface area contributed by atoms with Gasteiger partial charge >= 0.3 is 6.09 Å². The Morgan fingerprint density at radius 2 is 1.93 bits per heavy atom. The van der Waals surface area contributed by atoms with Crippen LogP contribution in [-0.4, -0.2) is 88.1 Å². The maximum atomic E-state index is 14.0. The van der Waals surface area contributed by atoms with Crippen LogP contribution >= 0.6 is 0 Å². The SMILES string of the molecule is CC(C)(CCN)CN(C[C@H](O)[C@H](Cc1ccccc1)NC(=O)O[C@H]1CO[C@H]2OCC[C@H]21)S(=O)(=O)c1ccc2c(c1)OCO2. The molecule has 1 amide bonds. The fraction of sp³-hybridized carbons (Fsp3) is 0.567. The highest BCUT2D eigenvalue weighted by Crippen LogP contribution is 2.36. The van der Waals surface area contributed by atoms with Gasteiger partial charge < -0.3 is 39.8 Å². The number of carbonyl (C=O) groups excluding carboxylic acids is 1. The van der Waals surface area contributed by atoms with E-state index in [4.69, 9.17) is 29.4 Å².